The Kier molecular flexibility index (Phi) is 1.25. The molecule has 1 rings (SSSR count). The molecule has 1 aliphatic rings. The first-order valence-electron chi connectivity index (χ1n) is 2.46. The van der Waals surface area contributed by atoms with E-state index in [4.69, 9.17) is 0 Å². The van der Waals surface area contributed by atoms with Gasteiger partial charge in [0.2, 0.25) is 6.29 Å². The van der Waals surface area contributed by atoms with Gasteiger partial charge in [-0.3, -0.25) is 4.79 Å². The van der Waals surface area contributed by atoms with Crippen LogP contribution in [0.4, 0.5) is 0 Å². The number of rotatable bonds is 1. The Bertz CT molecular complexity index is 86.4. The minimum absolute atomic E-state index is 0.181. The molecular weight excluding hydrogens is 88.1 g/mol. The Balaban J connectivity index is 2.35. The zero-order valence-corrected chi connectivity index (χ0v) is 4.05. The molecule has 0 amide bonds. The van der Waals surface area contributed by atoms with E-state index in [2.05, 4.69) is 0 Å². The Labute approximate surface area is 43.0 Å². The van der Waals surface area contributed by atoms with Crippen LogP contribution in [-0.2, 0) is 4.79 Å². The summed E-state index contributed by atoms with van der Waals surface area (Å²) in [6, 6.07) is 0. The van der Waals surface area contributed by atoms with Crippen molar-refractivity contribution in [3.8, 4) is 0 Å². The van der Waals surface area contributed by atoms with Crippen molar-refractivity contribution in [3.63, 3.8) is 0 Å². The molecule has 0 aromatic heterocycles. The second-order valence-corrected chi connectivity index (χ2v) is 1.76. The summed E-state index contributed by atoms with van der Waals surface area (Å²) in [6.07, 6.45) is 7.81. The zero-order valence-electron chi connectivity index (χ0n) is 4.05. The molecule has 0 aromatic carbocycles. The molecule has 0 saturated carbocycles. The van der Waals surface area contributed by atoms with E-state index in [1.165, 1.54) is 0 Å². The zero-order chi connectivity index (χ0) is 5.11. The van der Waals surface area contributed by atoms with E-state index in [1.807, 2.05) is 18.4 Å². The molecule has 7 heavy (non-hydrogen) atoms. The van der Waals surface area contributed by atoms with Crippen LogP contribution in [0.3, 0.4) is 0 Å². The Morgan fingerprint density at radius 2 is 2.00 bits per heavy atom. The molecule has 0 heterocycles. The van der Waals surface area contributed by atoms with Crippen molar-refractivity contribution in [1.82, 2.24) is 0 Å². The van der Waals surface area contributed by atoms with Crippen molar-refractivity contribution in [2.45, 2.75) is 12.8 Å². The molecule has 0 fully saturated rings. The summed E-state index contributed by atoms with van der Waals surface area (Å²) in [6.45, 7) is 0. The summed E-state index contributed by atoms with van der Waals surface area (Å²) in [7, 11) is 0. The largest absolute Gasteiger partial charge is 0.291 e. The average molecular weight is 95.1 g/mol. The Morgan fingerprint density at radius 3 is 2.29 bits per heavy atom. The first kappa shape index (κ1) is 4.57. The second kappa shape index (κ2) is 1.92. The van der Waals surface area contributed by atoms with Crippen LogP contribution in [0.5, 0.6) is 0 Å². The Morgan fingerprint density at radius 1 is 1.43 bits per heavy atom. The van der Waals surface area contributed by atoms with Crippen molar-refractivity contribution < 1.29 is 4.79 Å². The molecule has 0 aromatic rings. The fourth-order valence-corrected chi connectivity index (χ4v) is 0.713. The maximum Gasteiger partial charge on any atom is 0.202 e. The van der Waals surface area contributed by atoms with Crippen molar-refractivity contribution in [3.05, 3.63) is 12.2 Å². The first-order valence-corrected chi connectivity index (χ1v) is 2.46. The van der Waals surface area contributed by atoms with E-state index in [-0.39, 0.29) is 5.92 Å². The SMILES string of the molecule is O=[C]C1CC=CC1. The van der Waals surface area contributed by atoms with Crippen molar-refractivity contribution in [2.75, 3.05) is 0 Å². The van der Waals surface area contributed by atoms with E-state index >= 15 is 0 Å². The quantitative estimate of drug-likeness (QED) is 0.445. The van der Waals surface area contributed by atoms with Gasteiger partial charge in [-0.25, -0.2) is 0 Å². The third kappa shape index (κ3) is 0.889. The van der Waals surface area contributed by atoms with Crippen LogP contribution in [0, 0.1) is 5.92 Å². The molecule has 1 aliphatic carbocycles. The molecular formula is C6H7O. The number of hydrogen-bond donors (Lipinski definition) is 0. The van der Waals surface area contributed by atoms with E-state index in [0.29, 0.717) is 0 Å². The van der Waals surface area contributed by atoms with Gasteiger partial charge in [-0.05, 0) is 12.8 Å². The predicted molar refractivity (Wildman–Crippen MR) is 27.6 cm³/mol. The maximum absolute atomic E-state index is 9.84. The molecule has 1 heteroatoms. The number of carbonyl (C=O) groups excluding carboxylic acids is 1. The van der Waals surface area contributed by atoms with Gasteiger partial charge in [-0.1, -0.05) is 12.2 Å². The lowest BCUT2D eigenvalue weighted by Gasteiger charge is -1.89. The van der Waals surface area contributed by atoms with E-state index in [9.17, 15) is 4.79 Å². The van der Waals surface area contributed by atoms with Crippen molar-refractivity contribution in [2.24, 2.45) is 5.92 Å². The van der Waals surface area contributed by atoms with Crippen LogP contribution >= 0.6 is 0 Å². The second-order valence-electron chi connectivity index (χ2n) is 1.76. The minimum Gasteiger partial charge on any atom is -0.291 e. The fraction of sp³-hybridized carbons (Fsp3) is 0.500. The van der Waals surface area contributed by atoms with Crippen LogP contribution in [0.2, 0.25) is 0 Å². The number of allylic oxidation sites excluding steroid dienone is 2. The molecule has 0 aliphatic heterocycles. The smallest absolute Gasteiger partial charge is 0.202 e. The highest BCUT2D eigenvalue weighted by Gasteiger charge is 2.07. The average Bonchev–Trinajstić information content (AvgIpc) is 2.14. The normalized spacial score (nSPS) is 20.6. The van der Waals surface area contributed by atoms with Crippen LogP contribution in [0.25, 0.3) is 0 Å². The Hall–Kier alpha value is -0.590. The lowest BCUT2D eigenvalue weighted by Crippen LogP contribution is -1.91. The molecule has 37 valence electrons. The van der Waals surface area contributed by atoms with Gasteiger partial charge >= 0.3 is 0 Å². The first-order chi connectivity index (χ1) is 3.43. The standard InChI is InChI=1S/C6H7O/c7-5-6-3-1-2-4-6/h1-2,6H,3-4H2. The lowest BCUT2D eigenvalue weighted by atomic mass is 10.1. The van der Waals surface area contributed by atoms with Gasteiger partial charge in [0.1, 0.15) is 0 Å². The highest BCUT2D eigenvalue weighted by Crippen LogP contribution is 2.13. The van der Waals surface area contributed by atoms with Gasteiger partial charge in [0.15, 0.2) is 0 Å². The van der Waals surface area contributed by atoms with Crippen LogP contribution in [0.1, 0.15) is 12.8 Å². The summed E-state index contributed by atoms with van der Waals surface area (Å²) < 4.78 is 0. The third-order valence-corrected chi connectivity index (χ3v) is 1.17. The molecule has 0 bridgehead atoms. The summed E-state index contributed by atoms with van der Waals surface area (Å²) in [4.78, 5) is 9.84. The molecule has 0 atom stereocenters. The van der Waals surface area contributed by atoms with Gasteiger partial charge < -0.3 is 0 Å². The lowest BCUT2D eigenvalue weighted by molar-refractivity contribution is 0.526. The predicted octanol–water partition coefficient (Wildman–Crippen LogP) is 1.06. The summed E-state index contributed by atoms with van der Waals surface area (Å²) in [5, 5.41) is 0. The summed E-state index contributed by atoms with van der Waals surface area (Å²) >= 11 is 0. The molecule has 1 nitrogen and oxygen atoms in total. The van der Waals surface area contributed by atoms with Gasteiger partial charge in [0.05, 0.1) is 0 Å². The van der Waals surface area contributed by atoms with Crippen LogP contribution < -0.4 is 0 Å². The van der Waals surface area contributed by atoms with E-state index < -0.39 is 0 Å². The van der Waals surface area contributed by atoms with Gasteiger partial charge in [0, 0.05) is 5.92 Å². The monoisotopic (exact) mass is 95.0 g/mol. The van der Waals surface area contributed by atoms with E-state index in [1.54, 1.807) is 0 Å². The summed E-state index contributed by atoms with van der Waals surface area (Å²) in [5.41, 5.74) is 0. The highest BCUT2D eigenvalue weighted by atomic mass is 16.1. The van der Waals surface area contributed by atoms with Gasteiger partial charge in [0.25, 0.3) is 0 Å². The molecule has 0 saturated heterocycles. The van der Waals surface area contributed by atoms with E-state index in [0.717, 1.165) is 12.8 Å². The fourth-order valence-electron chi connectivity index (χ4n) is 0.713. The summed E-state index contributed by atoms with van der Waals surface area (Å²) in [5.74, 6) is 0.181. The van der Waals surface area contributed by atoms with Crippen LogP contribution in [-0.4, -0.2) is 6.29 Å². The molecule has 0 unspecified atom stereocenters. The molecule has 1 radical (unpaired) electrons. The van der Waals surface area contributed by atoms with Crippen LogP contribution in [0.15, 0.2) is 12.2 Å². The minimum atomic E-state index is 0.181. The molecule has 0 spiro atoms. The topological polar surface area (TPSA) is 17.1 Å². The highest BCUT2D eigenvalue weighted by molar-refractivity contribution is 5.56. The van der Waals surface area contributed by atoms with Crippen molar-refractivity contribution >= 4 is 6.29 Å². The van der Waals surface area contributed by atoms with Gasteiger partial charge in [-0.2, -0.15) is 0 Å². The number of hydrogen-bond acceptors (Lipinski definition) is 1. The van der Waals surface area contributed by atoms with Crippen molar-refractivity contribution in [1.29, 1.82) is 0 Å². The van der Waals surface area contributed by atoms with Gasteiger partial charge in [-0.15, -0.1) is 0 Å². The maximum atomic E-state index is 9.84. The third-order valence-electron chi connectivity index (χ3n) is 1.17. The molecule has 0 N–H and O–H groups in total.